The van der Waals surface area contributed by atoms with Crippen molar-refractivity contribution in [3.8, 4) is 0 Å². The summed E-state index contributed by atoms with van der Waals surface area (Å²) in [4.78, 5) is 9.14. The fraction of sp³-hybridized carbons (Fsp3) is 0.765. The van der Waals surface area contributed by atoms with Crippen LogP contribution in [-0.2, 0) is 0 Å². The average molecular weight is 301 g/mol. The Balaban J connectivity index is 1.57. The number of aromatic nitrogens is 2. The van der Waals surface area contributed by atoms with Crippen LogP contribution >= 0.6 is 0 Å². The molecule has 1 saturated carbocycles. The largest absolute Gasteiger partial charge is 0.312 e. The van der Waals surface area contributed by atoms with Crippen LogP contribution in [-0.4, -0.2) is 46.7 Å². The molecule has 0 amide bonds. The van der Waals surface area contributed by atoms with Crippen molar-refractivity contribution in [2.75, 3.05) is 24.6 Å². The molecule has 1 N–H and O–H groups in total. The smallest absolute Gasteiger partial charge is 0.240 e. The van der Waals surface area contributed by atoms with Gasteiger partial charge in [-0.2, -0.15) is 0 Å². The zero-order chi connectivity index (χ0) is 14.8. The molecule has 1 aromatic heterocycles. The third kappa shape index (κ3) is 2.84. The number of nitrogens with zero attached hydrogens (tertiary/aromatic N) is 4. The van der Waals surface area contributed by atoms with Crippen molar-refractivity contribution in [3.05, 3.63) is 18.5 Å². The molecule has 2 saturated heterocycles. The van der Waals surface area contributed by atoms with Crippen molar-refractivity contribution in [2.45, 2.75) is 57.0 Å². The van der Waals surface area contributed by atoms with Crippen molar-refractivity contribution in [2.24, 2.45) is 5.92 Å². The molecule has 5 nitrogen and oxygen atoms in total. The summed E-state index contributed by atoms with van der Waals surface area (Å²) >= 11 is 0. The van der Waals surface area contributed by atoms with Gasteiger partial charge in [0.05, 0.1) is 0 Å². The van der Waals surface area contributed by atoms with E-state index in [1.807, 2.05) is 18.5 Å². The van der Waals surface area contributed by atoms with E-state index >= 15 is 0 Å². The monoisotopic (exact) mass is 301 g/mol. The molecule has 5 heteroatoms. The molecule has 3 aliphatic rings. The van der Waals surface area contributed by atoms with E-state index in [1.165, 1.54) is 51.5 Å². The second-order valence-electron chi connectivity index (χ2n) is 7.02. The lowest BCUT2D eigenvalue weighted by Gasteiger charge is -2.40. The maximum Gasteiger partial charge on any atom is 0.240 e. The Labute approximate surface area is 133 Å². The number of piperidine rings is 1. The lowest BCUT2D eigenvalue weighted by molar-refractivity contribution is 0.227. The second kappa shape index (κ2) is 6.50. The predicted molar refractivity (Wildman–Crippen MR) is 87.5 cm³/mol. The van der Waals surface area contributed by atoms with Crippen molar-refractivity contribution in [3.63, 3.8) is 0 Å². The first-order chi connectivity index (χ1) is 10.9. The van der Waals surface area contributed by atoms with Crippen LogP contribution in [0.2, 0.25) is 0 Å². The van der Waals surface area contributed by atoms with Crippen LogP contribution in [0.15, 0.2) is 18.5 Å². The molecule has 3 heterocycles. The minimum Gasteiger partial charge on any atom is -0.312 e. The molecule has 2 unspecified atom stereocenters. The van der Waals surface area contributed by atoms with Crippen molar-refractivity contribution >= 4 is 5.95 Å². The summed E-state index contributed by atoms with van der Waals surface area (Å²) in [5.74, 6) is 1.69. The van der Waals surface area contributed by atoms with E-state index < -0.39 is 0 Å². The maximum absolute atomic E-state index is 4.57. The van der Waals surface area contributed by atoms with Crippen LogP contribution in [0.5, 0.6) is 0 Å². The standard InChI is InChI=1S/C17H27N5/c1-2-7-15(8-3-1)22(17-19-10-5-11-20-17)21-12-14-6-4-9-18-16(14)13-21/h5,10-11,14-16,18H,1-4,6-9,12-13H2. The number of hydrogen-bond acceptors (Lipinski definition) is 5. The molecule has 0 bridgehead atoms. The van der Waals surface area contributed by atoms with Crippen molar-refractivity contribution in [1.82, 2.24) is 20.3 Å². The van der Waals surface area contributed by atoms with Gasteiger partial charge in [0.25, 0.3) is 0 Å². The molecular weight excluding hydrogens is 274 g/mol. The number of nitrogens with one attached hydrogen (secondary N) is 1. The van der Waals surface area contributed by atoms with E-state index in [0.29, 0.717) is 12.1 Å². The Hall–Kier alpha value is -1.20. The Kier molecular flexibility index (Phi) is 4.26. The number of fused-ring (bicyclic) bond motifs is 1. The molecule has 120 valence electrons. The fourth-order valence-electron chi connectivity index (χ4n) is 4.46. The molecule has 1 aliphatic carbocycles. The van der Waals surface area contributed by atoms with Gasteiger partial charge >= 0.3 is 0 Å². The Morgan fingerprint density at radius 3 is 2.59 bits per heavy atom. The summed E-state index contributed by atoms with van der Waals surface area (Å²) in [5.41, 5.74) is 0. The van der Waals surface area contributed by atoms with E-state index in [0.717, 1.165) is 25.0 Å². The summed E-state index contributed by atoms with van der Waals surface area (Å²) in [6.45, 7) is 3.45. The lowest BCUT2D eigenvalue weighted by atomic mass is 9.94. The number of anilines is 1. The van der Waals surface area contributed by atoms with Gasteiger partial charge in [0.15, 0.2) is 0 Å². The number of hydrazine groups is 1. The zero-order valence-electron chi connectivity index (χ0n) is 13.3. The fourth-order valence-corrected chi connectivity index (χ4v) is 4.46. The predicted octanol–water partition coefficient (Wildman–Crippen LogP) is 2.21. The van der Waals surface area contributed by atoms with E-state index in [-0.39, 0.29) is 0 Å². The van der Waals surface area contributed by atoms with Crippen LogP contribution < -0.4 is 10.3 Å². The quantitative estimate of drug-likeness (QED) is 0.927. The van der Waals surface area contributed by atoms with Gasteiger partial charge in [0.1, 0.15) is 0 Å². The summed E-state index contributed by atoms with van der Waals surface area (Å²) < 4.78 is 0. The van der Waals surface area contributed by atoms with Crippen LogP contribution in [0.1, 0.15) is 44.9 Å². The van der Waals surface area contributed by atoms with Crippen LogP contribution in [0.3, 0.4) is 0 Å². The van der Waals surface area contributed by atoms with Crippen LogP contribution in [0, 0.1) is 5.92 Å². The molecule has 0 radical (unpaired) electrons. The van der Waals surface area contributed by atoms with Crippen LogP contribution in [0.4, 0.5) is 5.95 Å². The molecule has 0 spiro atoms. The molecule has 2 aliphatic heterocycles. The summed E-state index contributed by atoms with van der Waals surface area (Å²) in [5, 5.41) is 8.70. The van der Waals surface area contributed by atoms with Gasteiger partial charge in [0.2, 0.25) is 5.95 Å². The highest BCUT2D eigenvalue weighted by atomic mass is 15.7. The second-order valence-corrected chi connectivity index (χ2v) is 7.02. The highest BCUT2D eigenvalue weighted by molar-refractivity contribution is 5.29. The van der Waals surface area contributed by atoms with Gasteiger partial charge in [-0.15, -0.1) is 0 Å². The normalized spacial score (nSPS) is 30.2. The number of rotatable bonds is 3. The lowest BCUT2D eigenvalue weighted by Crippen LogP contribution is -2.50. The number of hydrogen-bond donors (Lipinski definition) is 1. The van der Waals surface area contributed by atoms with Gasteiger partial charge in [-0.1, -0.05) is 19.3 Å². The molecule has 1 aromatic rings. The Morgan fingerprint density at radius 1 is 1.00 bits per heavy atom. The molecule has 0 aromatic carbocycles. The Morgan fingerprint density at radius 2 is 1.82 bits per heavy atom. The molecule has 4 rings (SSSR count). The molecule has 2 atom stereocenters. The third-order valence-electron chi connectivity index (χ3n) is 5.56. The maximum atomic E-state index is 4.57. The first-order valence-corrected chi connectivity index (χ1v) is 8.96. The third-order valence-corrected chi connectivity index (χ3v) is 5.56. The van der Waals surface area contributed by atoms with E-state index in [4.69, 9.17) is 0 Å². The van der Waals surface area contributed by atoms with Gasteiger partial charge in [-0.25, -0.2) is 15.0 Å². The Bertz CT molecular complexity index is 459. The first kappa shape index (κ1) is 14.4. The highest BCUT2D eigenvalue weighted by Gasteiger charge is 2.39. The van der Waals surface area contributed by atoms with Crippen molar-refractivity contribution < 1.29 is 0 Å². The van der Waals surface area contributed by atoms with Gasteiger partial charge in [0, 0.05) is 37.6 Å². The van der Waals surface area contributed by atoms with Gasteiger partial charge in [-0.05, 0) is 44.2 Å². The minimum absolute atomic E-state index is 0.580. The molecule has 3 fully saturated rings. The van der Waals surface area contributed by atoms with E-state index in [2.05, 4.69) is 25.3 Å². The van der Waals surface area contributed by atoms with E-state index in [1.54, 1.807) is 0 Å². The SMILES string of the molecule is c1cnc(N(C2CCCCC2)N2CC3CCCNC3C2)nc1. The molecule has 22 heavy (non-hydrogen) atoms. The topological polar surface area (TPSA) is 44.3 Å². The van der Waals surface area contributed by atoms with E-state index in [9.17, 15) is 0 Å². The zero-order valence-corrected chi connectivity index (χ0v) is 13.3. The van der Waals surface area contributed by atoms with Gasteiger partial charge < -0.3 is 5.32 Å². The highest BCUT2D eigenvalue weighted by Crippen LogP contribution is 2.32. The van der Waals surface area contributed by atoms with Crippen molar-refractivity contribution in [1.29, 1.82) is 0 Å². The van der Waals surface area contributed by atoms with Gasteiger partial charge in [-0.3, -0.25) is 5.01 Å². The first-order valence-electron chi connectivity index (χ1n) is 8.96. The summed E-state index contributed by atoms with van der Waals surface area (Å²) in [6.07, 6.45) is 13.0. The molecular formula is C17H27N5. The minimum atomic E-state index is 0.580. The summed E-state index contributed by atoms with van der Waals surface area (Å²) in [6, 6.07) is 3.15. The summed E-state index contributed by atoms with van der Waals surface area (Å²) in [7, 11) is 0. The average Bonchev–Trinajstić information content (AvgIpc) is 3.00. The van der Waals surface area contributed by atoms with Crippen LogP contribution in [0.25, 0.3) is 0 Å².